The van der Waals surface area contributed by atoms with E-state index < -0.39 is 0 Å². The van der Waals surface area contributed by atoms with Crippen molar-refractivity contribution >= 4 is 11.6 Å². The van der Waals surface area contributed by atoms with E-state index in [0.29, 0.717) is 12.8 Å². The van der Waals surface area contributed by atoms with Crippen molar-refractivity contribution in [2.24, 2.45) is 0 Å². The molecule has 4 rings (SSSR count). The summed E-state index contributed by atoms with van der Waals surface area (Å²) in [5.41, 5.74) is 3.68. The molecule has 0 bridgehead atoms. The average Bonchev–Trinajstić information content (AvgIpc) is 2.95. The highest BCUT2D eigenvalue weighted by Crippen LogP contribution is 2.22. The van der Waals surface area contributed by atoms with Gasteiger partial charge < -0.3 is 19.6 Å². The molecule has 0 atom stereocenters. The minimum absolute atomic E-state index is 0.205. The molecule has 0 radical (unpaired) electrons. The highest BCUT2D eigenvalue weighted by atomic mass is 16.1. The van der Waals surface area contributed by atoms with Crippen LogP contribution >= 0.6 is 0 Å². The zero-order valence-corrected chi connectivity index (χ0v) is 22.1. The highest BCUT2D eigenvalue weighted by Gasteiger charge is 2.18. The molecule has 2 aliphatic heterocycles. The predicted molar refractivity (Wildman–Crippen MR) is 147 cm³/mol. The molecule has 0 aromatic heterocycles. The lowest BCUT2D eigenvalue weighted by Gasteiger charge is -2.33. The first-order chi connectivity index (χ1) is 17.6. The van der Waals surface area contributed by atoms with E-state index in [0.717, 1.165) is 101 Å². The third-order valence-electron chi connectivity index (χ3n) is 7.88. The molecular formula is C30H42N4O2. The van der Waals surface area contributed by atoms with Gasteiger partial charge in [0.2, 0.25) is 0 Å². The Morgan fingerprint density at radius 2 is 0.833 bits per heavy atom. The number of rotatable bonds is 11. The van der Waals surface area contributed by atoms with Crippen LogP contribution in [-0.2, 0) is 0 Å². The maximum Gasteiger partial charge on any atom is 0.164 e. The van der Waals surface area contributed by atoms with Crippen LogP contribution < -0.4 is 0 Å². The number of carbonyl (C=O) groups is 2. The van der Waals surface area contributed by atoms with E-state index in [1.807, 2.05) is 48.5 Å². The Morgan fingerprint density at radius 1 is 0.528 bits per heavy atom. The van der Waals surface area contributed by atoms with E-state index in [9.17, 15) is 9.59 Å². The lowest BCUT2D eigenvalue weighted by Crippen LogP contribution is -2.46. The van der Waals surface area contributed by atoms with Gasteiger partial charge in [-0.1, -0.05) is 62.4 Å². The van der Waals surface area contributed by atoms with Crippen LogP contribution in [0.25, 0.3) is 11.1 Å². The number of hydrogen-bond donors (Lipinski definition) is 0. The number of nitrogens with zero attached hydrogens (tertiary/aromatic N) is 4. The monoisotopic (exact) mass is 490 g/mol. The van der Waals surface area contributed by atoms with Gasteiger partial charge >= 0.3 is 0 Å². The zero-order chi connectivity index (χ0) is 25.3. The first-order valence-electron chi connectivity index (χ1n) is 13.7. The molecule has 6 heteroatoms. The zero-order valence-electron chi connectivity index (χ0n) is 22.1. The van der Waals surface area contributed by atoms with E-state index in [1.54, 1.807) is 0 Å². The fraction of sp³-hybridized carbons (Fsp3) is 0.533. The summed E-state index contributed by atoms with van der Waals surface area (Å²) in [7, 11) is 0. The van der Waals surface area contributed by atoms with E-state index in [4.69, 9.17) is 0 Å². The minimum atomic E-state index is 0.205. The van der Waals surface area contributed by atoms with Crippen LogP contribution in [0.15, 0.2) is 48.5 Å². The molecule has 0 spiro atoms. The molecule has 36 heavy (non-hydrogen) atoms. The van der Waals surface area contributed by atoms with Crippen LogP contribution in [0.3, 0.4) is 0 Å². The molecule has 0 unspecified atom stereocenters. The molecule has 2 aromatic carbocycles. The van der Waals surface area contributed by atoms with Gasteiger partial charge in [0.15, 0.2) is 11.6 Å². The van der Waals surface area contributed by atoms with Crippen molar-refractivity contribution in [3.8, 4) is 11.1 Å². The summed E-state index contributed by atoms with van der Waals surface area (Å²) in [6.45, 7) is 16.9. The van der Waals surface area contributed by atoms with E-state index in [1.165, 1.54) is 0 Å². The van der Waals surface area contributed by atoms with E-state index in [-0.39, 0.29) is 11.6 Å². The molecule has 0 aliphatic carbocycles. The second-order valence-electron chi connectivity index (χ2n) is 10.1. The molecule has 2 heterocycles. The third kappa shape index (κ3) is 7.32. The number of hydrogen-bond acceptors (Lipinski definition) is 6. The van der Waals surface area contributed by atoms with Crippen molar-refractivity contribution in [2.75, 3.05) is 78.5 Å². The summed E-state index contributed by atoms with van der Waals surface area (Å²) in [5, 5.41) is 0. The molecule has 6 nitrogen and oxygen atoms in total. The molecular weight excluding hydrogens is 448 g/mol. The summed E-state index contributed by atoms with van der Waals surface area (Å²) in [6, 6.07) is 15.8. The van der Waals surface area contributed by atoms with Crippen LogP contribution in [0.2, 0.25) is 0 Å². The van der Waals surface area contributed by atoms with Crippen molar-refractivity contribution < 1.29 is 9.59 Å². The Morgan fingerprint density at radius 3 is 1.14 bits per heavy atom. The maximum absolute atomic E-state index is 12.7. The highest BCUT2D eigenvalue weighted by molar-refractivity contribution is 5.97. The molecule has 2 aromatic rings. The number of benzene rings is 2. The Bertz CT molecular complexity index is 892. The van der Waals surface area contributed by atoms with Crippen LogP contribution in [-0.4, -0.2) is 110 Å². The quantitative estimate of drug-likeness (QED) is 0.447. The summed E-state index contributed by atoms with van der Waals surface area (Å²) in [5.74, 6) is 0.410. The van der Waals surface area contributed by atoms with E-state index in [2.05, 4.69) is 33.4 Å². The van der Waals surface area contributed by atoms with Gasteiger partial charge in [0.1, 0.15) is 0 Å². The maximum atomic E-state index is 12.7. The standard InChI is InChI=1S/C30H42N4O2/c1-3-31-17-21-33(22-18-31)15-13-29(35)27-9-5-25(6-10-27)26-7-11-28(12-8-26)30(36)14-16-34-23-19-32(4-2)20-24-34/h5-12H,3-4,13-24H2,1-2H3. The topological polar surface area (TPSA) is 47.1 Å². The average molecular weight is 491 g/mol. The normalized spacial score (nSPS) is 18.4. The van der Waals surface area contributed by atoms with Crippen molar-refractivity contribution in [1.29, 1.82) is 0 Å². The molecule has 0 amide bonds. The largest absolute Gasteiger partial charge is 0.301 e. The Labute approximate surface area is 216 Å². The first kappa shape index (κ1) is 26.7. The van der Waals surface area contributed by atoms with Crippen LogP contribution in [0.5, 0.6) is 0 Å². The van der Waals surface area contributed by atoms with Gasteiger partial charge in [-0.3, -0.25) is 9.59 Å². The summed E-state index contributed by atoms with van der Waals surface area (Å²) in [6.07, 6.45) is 1.13. The van der Waals surface area contributed by atoms with Gasteiger partial charge in [0, 0.05) is 89.4 Å². The lowest BCUT2D eigenvalue weighted by atomic mass is 9.99. The van der Waals surface area contributed by atoms with Crippen molar-refractivity contribution in [1.82, 2.24) is 19.6 Å². The molecule has 0 saturated carbocycles. The van der Waals surface area contributed by atoms with Crippen LogP contribution in [0.4, 0.5) is 0 Å². The fourth-order valence-electron chi connectivity index (χ4n) is 5.16. The van der Waals surface area contributed by atoms with Crippen molar-refractivity contribution in [2.45, 2.75) is 26.7 Å². The summed E-state index contributed by atoms with van der Waals surface area (Å²) >= 11 is 0. The molecule has 194 valence electrons. The van der Waals surface area contributed by atoms with Gasteiger partial charge in [-0.2, -0.15) is 0 Å². The predicted octanol–water partition coefficient (Wildman–Crippen LogP) is 3.77. The third-order valence-corrected chi connectivity index (χ3v) is 7.88. The number of carbonyl (C=O) groups excluding carboxylic acids is 2. The van der Waals surface area contributed by atoms with Gasteiger partial charge in [-0.15, -0.1) is 0 Å². The van der Waals surface area contributed by atoms with Crippen LogP contribution in [0, 0.1) is 0 Å². The van der Waals surface area contributed by atoms with Crippen molar-refractivity contribution in [3.05, 3.63) is 59.7 Å². The first-order valence-corrected chi connectivity index (χ1v) is 13.7. The van der Waals surface area contributed by atoms with Gasteiger partial charge in [-0.05, 0) is 24.2 Å². The number of Topliss-reactive ketones (excluding diaryl/α,β-unsaturated/α-hetero) is 2. The van der Waals surface area contributed by atoms with Gasteiger partial charge in [-0.25, -0.2) is 0 Å². The summed E-state index contributed by atoms with van der Waals surface area (Å²) < 4.78 is 0. The Kier molecular flexibility index (Phi) is 9.82. The Hall–Kier alpha value is -2.38. The number of likely N-dealkylation sites (N-methyl/N-ethyl adjacent to an activating group) is 2. The minimum Gasteiger partial charge on any atom is -0.301 e. The van der Waals surface area contributed by atoms with E-state index >= 15 is 0 Å². The summed E-state index contributed by atoms with van der Waals surface area (Å²) in [4.78, 5) is 35.1. The van der Waals surface area contributed by atoms with Gasteiger partial charge in [0.25, 0.3) is 0 Å². The second kappa shape index (κ2) is 13.2. The molecule has 0 N–H and O–H groups in total. The SMILES string of the molecule is CCN1CCN(CCC(=O)c2ccc(-c3ccc(C(=O)CCN4CCN(CC)CC4)cc3)cc2)CC1. The molecule has 2 fully saturated rings. The number of ketones is 2. The molecule has 2 aliphatic rings. The Balaban J connectivity index is 1.23. The fourth-order valence-corrected chi connectivity index (χ4v) is 5.16. The van der Waals surface area contributed by atoms with Crippen LogP contribution in [0.1, 0.15) is 47.4 Å². The molecule has 2 saturated heterocycles. The lowest BCUT2D eigenvalue weighted by molar-refractivity contribution is 0.0924. The number of piperazine rings is 2. The van der Waals surface area contributed by atoms with Gasteiger partial charge in [0.05, 0.1) is 0 Å². The van der Waals surface area contributed by atoms with Crippen molar-refractivity contribution in [3.63, 3.8) is 0 Å². The second-order valence-corrected chi connectivity index (χ2v) is 10.1. The smallest absolute Gasteiger partial charge is 0.164 e.